The molecule has 0 aliphatic rings. The highest BCUT2D eigenvalue weighted by Crippen LogP contribution is 1.99. The lowest BCUT2D eigenvalue weighted by Crippen LogP contribution is -1.73. The Hall–Kier alpha value is -0.855. The molecule has 3 heteroatoms. The third kappa shape index (κ3) is 2.26. The van der Waals surface area contributed by atoms with Crippen molar-refractivity contribution in [2.24, 2.45) is 0 Å². The van der Waals surface area contributed by atoms with E-state index in [0.717, 1.165) is 6.07 Å². The van der Waals surface area contributed by atoms with Gasteiger partial charge in [-0.1, -0.05) is 6.07 Å². The van der Waals surface area contributed by atoms with Crippen LogP contribution in [0.4, 0.5) is 8.78 Å². The molecule has 0 saturated carbocycles. The normalized spacial score (nSPS) is 8.22. The van der Waals surface area contributed by atoms with Gasteiger partial charge >= 0.3 is 0 Å². The van der Waals surface area contributed by atoms with E-state index in [0.29, 0.717) is 0 Å². The van der Waals surface area contributed by atoms with Crippen LogP contribution in [-0.2, 0) is 0 Å². The van der Waals surface area contributed by atoms with Crippen molar-refractivity contribution in [2.75, 3.05) is 0 Å². The molecule has 1 aromatic carbocycles. The number of hydrogen-bond donors (Lipinski definition) is 0. The summed E-state index contributed by atoms with van der Waals surface area (Å²) in [7, 11) is 0. The molecule has 0 N–H and O–H groups in total. The fourth-order valence-corrected chi connectivity index (χ4v) is 0.460. The lowest BCUT2D eigenvalue weighted by atomic mass is 10.3. The number of halogens is 2. The second-order valence-electron chi connectivity index (χ2n) is 1.44. The molecule has 0 atom stereocenters. The highest BCUT2D eigenvalue weighted by Gasteiger charge is 1.88. The fraction of sp³-hybridized carbons (Fsp3) is 0. The van der Waals surface area contributed by atoms with E-state index < -0.39 is 11.6 Å². The molecule has 45 valence electrons. The first kappa shape index (κ1) is 8.14. The maximum absolute atomic E-state index is 11.9. The second kappa shape index (κ2) is 3.23. The summed E-state index contributed by atoms with van der Waals surface area (Å²) in [4.78, 5) is 0. The topological polar surface area (TPSA) is 0 Å². The molecule has 1 aromatic rings. The molecule has 0 aromatic heterocycles. The zero-order valence-corrected chi connectivity index (χ0v) is 4.64. The zero-order valence-electron chi connectivity index (χ0n) is 4.64. The Kier molecular flexibility index (Phi) is 2.92. The first-order chi connectivity index (χ1) is 3.79. The van der Waals surface area contributed by atoms with E-state index in [1.165, 1.54) is 18.2 Å². The van der Waals surface area contributed by atoms with Crippen LogP contribution in [0.1, 0.15) is 0 Å². The standard InChI is InChI=1S/C6H4F2.B/c7-5-2-1-3-6(8)4-5;/h1-4H;. The van der Waals surface area contributed by atoms with Crippen molar-refractivity contribution in [1.82, 2.24) is 0 Å². The van der Waals surface area contributed by atoms with E-state index in [1.807, 2.05) is 0 Å². The minimum atomic E-state index is -0.537. The van der Waals surface area contributed by atoms with Gasteiger partial charge in [0.15, 0.2) is 0 Å². The number of rotatable bonds is 0. The summed E-state index contributed by atoms with van der Waals surface area (Å²) in [5.41, 5.74) is 0. The van der Waals surface area contributed by atoms with Crippen molar-refractivity contribution < 1.29 is 8.78 Å². The average molecular weight is 125 g/mol. The Morgan fingerprint density at radius 1 is 1.00 bits per heavy atom. The SMILES string of the molecule is Fc1cccc(F)c1.[B]. The van der Waals surface area contributed by atoms with Crippen molar-refractivity contribution in [3.05, 3.63) is 35.9 Å². The maximum atomic E-state index is 11.9. The first-order valence-electron chi connectivity index (χ1n) is 2.20. The largest absolute Gasteiger partial charge is 0.207 e. The molecule has 0 aliphatic carbocycles. The third-order valence-corrected chi connectivity index (χ3v) is 0.787. The van der Waals surface area contributed by atoms with Crippen LogP contribution in [0.15, 0.2) is 24.3 Å². The molecule has 0 saturated heterocycles. The molecule has 0 unspecified atom stereocenters. The minimum Gasteiger partial charge on any atom is -0.207 e. The van der Waals surface area contributed by atoms with E-state index in [-0.39, 0.29) is 8.41 Å². The maximum Gasteiger partial charge on any atom is 0.126 e. The molecule has 0 heterocycles. The molecular weight excluding hydrogens is 121 g/mol. The monoisotopic (exact) mass is 125 g/mol. The van der Waals surface area contributed by atoms with Crippen LogP contribution in [0.25, 0.3) is 0 Å². The highest BCUT2D eigenvalue weighted by molar-refractivity contribution is 5.75. The van der Waals surface area contributed by atoms with Gasteiger partial charge < -0.3 is 0 Å². The van der Waals surface area contributed by atoms with Crippen molar-refractivity contribution in [3.8, 4) is 0 Å². The molecule has 9 heavy (non-hydrogen) atoms. The summed E-state index contributed by atoms with van der Waals surface area (Å²) in [6.45, 7) is 0. The van der Waals surface area contributed by atoms with Gasteiger partial charge in [0.1, 0.15) is 11.6 Å². The Morgan fingerprint density at radius 3 is 1.67 bits per heavy atom. The first-order valence-corrected chi connectivity index (χ1v) is 2.20. The zero-order chi connectivity index (χ0) is 5.98. The summed E-state index contributed by atoms with van der Waals surface area (Å²) in [5, 5.41) is 0. The summed E-state index contributed by atoms with van der Waals surface area (Å²) in [5.74, 6) is -1.07. The quantitative estimate of drug-likeness (QED) is 0.461. The van der Waals surface area contributed by atoms with E-state index in [4.69, 9.17) is 0 Å². The molecule has 0 spiro atoms. The number of hydrogen-bond acceptors (Lipinski definition) is 0. The van der Waals surface area contributed by atoms with E-state index in [1.54, 1.807) is 0 Å². The predicted octanol–water partition coefficient (Wildman–Crippen LogP) is 1.58. The van der Waals surface area contributed by atoms with Crippen LogP contribution < -0.4 is 0 Å². The predicted molar refractivity (Wildman–Crippen MR) is 32.1 cm³/mol. The van der Waals surface area contributed by atoms with Gasteiger partial charge in [0.05, 0.1) is 0 Å². The Labute approximate surface area is 54.1 Å². The van der Waals surface area contributed by atoms with Crippen LogP contribution in [-0.4, -0.2) is 8.41 Å². The third-order valence-electron chi connectivity index (χ3n) is 0.787. The summed E-state index contributed by atoms with van der Waals surface area (Å²) in [6.07, 6.45) is 0. The van der Waals surface area contributed by atoms with Gasteiger partial charge in [-0.3, -0.25) is 0 Å². The van der Waals surface area contributed by atoms with Crippen LogP contribution in [0, 0.1) is 11.6 Å². The van der Waals surface area contributed by atoms with Gasteiger partial charge in [0.25, 0.3) is 0 Å². The molecule has 0 aliphatic heterocycles. The average Bonchev–Trinajstić information content (AvgIpc) is 1.64. The smallest absolute Gasteiger partial charge is 0.126 e. The summed E-state index contributed by atoms with van der Waals surface area (Å²) in [6, 6.07) is 4.55. The van der Waals surface area contributed by atoms with Gasteiger partial charge in [-0.25, -0.2) is 8.78 Å². The molecule has 0 nitrogen and oxygen atoms in total. The van der Waals surface area contributed by atoms with E-state index in [2.05, 4.69) is 0 Å². The lowest BCUT2D eigenvalue weighted by molar-refractivity contribution is 0.583. The summed E-state index contributed by atoms with van der Waals surface area (Å²) < 4.78 is 23.9. The van der Waals surface area contributed by atoms with Crippen LogP contribution >= 0.6 is 0 Å². The minimum absolute atomic E-state index is 0. The van der Waals surface area contributed by atoms with Crippen molar-refractivity contribution in [3.63, 3.8) is 0 Å². The summed E-state index contributed by atoms with van der Waals surface area (Å²) >= 11 is 0. The van der Waals surface area contributed by atoms with Crippen LogP contribution in [0.5, 0.6) is 0 Å². The van der Waals surface area contributed by atoms with Gasteiger partial charge in [-0.15, -0.1) is 0 Å². The Balaban J connectivity index is 0.000000640. The van der Waals surface area contributed by atoms with Gasteiger partial charge in [0.2, 0.25) is 0 Å². The molecule has 3 radical (unpaired) electrons. The van der Waals surface area contributed by atoms with Gasteiger partial charge in [-0.05, 0) is 12.1 Å². The van der Waals surface area contributed by atoms with Crippen molar-refractivity contribution in [2.45, 2.75) is 0 Å². The Bertz CT molecular complexity index is 171. The van der Waals surface area contributed by atoms with Gasteiger partial charge in [0, 0.05) is 14.5 Å². The second-order valence-corrected chi connectivity index (χ2v) is 1.44. The lowest BCUT2D eigenvalue weighted by Gasteiger charge is -1.84. The van der Waals surface area contributed by atoms with Crippen LogP contribution in [0.3, 0.4) is 0 Å². The van der Waals surface area contributed by atoms with Crippen molar-refractivity contribution >= 4 is 8.41 Å². The number of benzene rings is 1. The van der Waals surface area contributed by atoms with Crippen LogP contribution in [0.2, 0.25) is 0 Å². The Morgan fingerprint density at radius 2 is 1.44 bits per heavy atom. The molecule has 0 bridgehead atoms. The van der Waals surface area contributed by atoms with E-state index >= 15 is 0 Å². The fourth-order valence-electron chi connectivity index (χ4n) is 0.460. The molecular formula is C6H4BF2. The van der Waals surface area contributed by atoms with Crippen molar-refractivity contribution in [1.29, 1.82) is 0 Å². The van der Waals surface area contributed by atoms with Gasteiger partial charge in [-0.2, -0.15) is 0 Å². The van der Waals surface area contributed by atoms with E-state index in [9.17, 15) is 8.78 Å². The molecule has 0 amide bonds. The molecule has 0 fully saturated rings. The molecule has 1 rings (SSSR count). The highest BCUT2D eigenvalue weighted by atomic mass is 19.1.